The zero-order chi connectivity index (χ0) is 17.9. The predicted molar refractivity (Wildman–Crippen MR) is 89.4 cm³/mol. The Morgan fingerprint density at radius 2 is 2.12 bits per heavy atom. The molecule has 1 aliphatic rings. The molecule has 0 aromatic heterocycles. The maximum absolute atomic E-state index is 12.9. The molecule has 1 aromatic rings. The summed E-state index contributed by atoms with van der Waals surface area (Å²) in [4.78, 5) is 25.0. The molecule has 1 aromatic carbocycles. The van der Waals surface area contributed by atoms with Gasteiger partial charge in [0.2, 0.25) is 10.0 Å². The number of likely N-dealkylation sites (tertiary alicyclic amines) is 1. The van der Waals surface area contributed by atoms with E-state index in [9.17, 15) is 23.3 Å². The van der Waals surface area contributed by atoms with Crippen LogP contribution in [0.15, 0.2) is 18.2 Å². The van der Waals surface area contributed by atoms with Gasteiger partial charge in [-0.05, 0) is 32.3 Å². The van der Waals surface area contributed by atoms with Crippen molar-refractivity contribution >= 4 is 21.6 Å². The Kier molecular flexibility index (Phi) is 5.55. The van der Waals surface area contributed by atoms with Gasteiger partial charge in [-0.15, -0.1) is 0 Å². The molecule has 0 spiro atoms. The lowest BCUT2D eigenvalue weighted by molar-refractivity contribution is -0.385. The van der Waals surface area contributed by atoms with Gasteiger partial charge in [0.15, 0.2) is 0 Å². The normalized spacial score (nSPS) is 18.4. The van der Waals surface area contributed by atoms with E-state index in [0.29, 0.717) is 18.5 Å². The van der Waals surface area contributed by atoms with Crippen molar-refractivity contribution in [2.45, 2.75) is 32.2 Å². The molecule has 1 unspecified atom stereocenters. The molecule has 1 saturated heterocycles. The molecular formula is C15H21N3O5S. The van der Waals surface area contributed by atoms with E-state index in [1.165, 1.54) is 12.1 Å². The molecule has 9 heteroatoms. The number of nitrogens with one attached hydrogen (secondary N) is 1. The lowest BCUT2D eigenvalue weighted by atomic mass is 9.99. The van der Waals surface area contributed by atoms with Gasteiger partial charge in [-0.2, -0.15) is 0 Å². The van der Waals surface area contributed by atoms with Crippen LogP contribution in [-0.2, 0) is 10.0 Å². The Bertz CT molecular complexity index is 747. The zero-order valence-electron chi connectivity index (χ0n) is 13.7. The zero-order valence-corrected chi connectivity index (χ0v) is 14.5. The summed E-state index contributed by atoms with van der Waals surface area (Å²) in [6.45, 7) is 2.22. The maximum atomic E-state index is 12.9. The molecular weight excluding hydrogens is 334 g/mol. The largest absolute Gasteiger partial charge is 0.334 e. The van der Waals surface area contributed by atoms with E-state index in [1.54, 1.807) is 17.9 Å². The SMILES string of the molecule is Cc1c(C(=O)N2CCCCC2CNS(C)(=O)=O)cccc1[N+](=O)[O-]. The molecule has 0 aliphatic carbocycles. The summed E-state index contributed by atoms with van der Waals surface area (Å²) in [5.74, 6) is -0.295. The summed E-state index contributed by atoms with van der Waals surface area (Å²) < 4.78 is 25.1. The number of hydrogen-bond acceptors (Lipinski definition) is 5. The van der Waals surface area contributed by atoms with Crippen molar-refractivity contribution in [3.8, 4) is 0 Å². The van der Waals surface area contributed by atoms with Crippen molar-refractivity contribution in [1.29, 1.82) is 0 Å². The highest BCUT2D eigenvalue weighted by Crippen LogP contribution is 2.25. The van der Waals surface area contributed by atoms with E-state index in [2.05, 4.69) is 4.72 Å². The average Bonchev–Trinajstić information content (AvgIpc) is 2.52. The third-order valence-corrected chi connectivity index (χ3v) is 4.89. The van der Waals surface area contributed by atoms with E-state index in [0.717, 1.165) is 19.1 Å². The minimum Gasteiger partial charge on any atom is -0.334 e. The number of nitrogens with zero attached hydrogens (tertiary/aromatic N) is 2. The first-order valence-corrected chi connectivity index (χ1v) is 9.59. The number of nitro benzene ring substituents is 1. The highest BCUT2D eigenvalue weighted by atomic mass is 32.2. The number of benzene rings is 1. The van der Waals surface area contributed by atoms with E-state index in [-0.39, 0.29) is 29.7 Å². The molecule has 0 bridgehead atoms. The van der Waals surface area contributed by atoms with Crippen LogP contribution in [0, 0.1) is 17.0 Å². The standard InChI is InChI=1S/C15H21N3O5S/c1-11-13(7-5-8-14(11)18(20)21)15(19)17-9-4-3-6-12(17)10-16-24(2,22)23/h5,7-8,12,16H,3-4,6,9-10H2,1-2H3. The quantitative estimate of drug-likeness (QED) is 0.635. The number of sulfonamides is 1. The molecule has 1 heterocycles. The van der Waals surface area contributed by atoms with Crippen LogP contribution >= 0.6 is 0 Å². The van der Waals surface area contributed by atoms with Crippen LogP contribution in [0.25, 0.3) is 0 Å². The fourth-order valence-electron chi connectivity index (χ4n) is 2.94. The lowest BCUT2D eigenvalue weighted by Gasteiger charge is -2.36. The molecule has 1 atom stereocenters. The molecule has 132 valence electrons. The highest BCUT2D eigenvalue weighted by Gasteiger charge is 2.30. The van der Waals surface area contributed by atoms with Crippen molar-refractivity contribution in [2.75, 3.05) is 19.3 Å². The second kappa shape index (κ2) is 7.27. The van der Waals surface area contributed by atoms with Crippen molar-refractivity contribution in [2.24, 2.45) is 0 Å². The van der Waals surface area contributed by atoms with Gasteiger partial charge >= 0.3 is 0 Å². The van der Waals surface area contributed by atoms with Crippen LogP contribution < -0.4 is 4.72 Å². The number of carbonyl (C=O) groups is 1. The topological polar surface area (TPSA) is 110 Å². The third kappa shape index (κ3) is 4.30. The van der Waals surface area contributed by atoms with Gasteiger partial charge < -0.3 is 4.90 Å². The first-order chi connectivity index (χ1) is 11.2. The van der Waals surface area contributed by atoms with E-state index in [1.807, 2.05) is 0 Å². The first-order valence-electron chi connectivity index (χ1n) is 7.70. The number of carbonyl (C=O) groups excluding carboxylic acids is 1. The second-order valence-corrected chi connectivity index (χ2v) is 7.81. The predicted octanol–water partition coefficient (Wildman–Crippen LogP) is 1.45. The second-order valence-electron chi connectivity index (χ2n) is 5.98. The van der Waals surface area contributed by atoms with Crippen LogP contribution in [0.1, 0.15) is 35.2 Å². The van der Waals surface area contributed by atoms with Gasteiger partial charge in [-0.3, -0.25) is 14.9 Å². The van der Waals surface area contributed by atoms with Gasteiger partial charge in [0.05, 0.1) is 11.2 Å². The van der Waals surface area contributed by atoms with Crippen LogP contribution in [0.3, 0.4) is 0 Å². The van der Waals surface area contributed by atoms with Gasteiger partial charge in [-0.25, -0.2) is 13.1 Å². The fourth-order valence-corrected chi connectivity index (χ4v) is 3.43. The van der Waals surface area contributed by atoms with Gasteiger partial charge in [0.25, 0.3) is 11.6 Å². The molecule has 0 saturated carbocycles. The Labute approximate surface area is 141 Å². The Morgan fingerprint density at radius 3 is 2.75 bits per heavy atom. The highest BCUT2D eigenvalue weighted by molar-refractivity contribution is 7.88. The van der Waals surface area contributed by atoms with E-state index in [4.69, 9.17) is 0 Å². The van der Waals surface area contributed by atoms with Crippen LogP contribution in [0.4, 0.5) is 5.69 Å². The molecule has 1 aliphatic heterocycles. The third-order valence-electron chi connectivity index (χ3n) is 4.20. The smallest absolute Gasteiger partial charge is 0.273 e. The Balaban J connectivity index is 2.26. The van der Waals surface area contributed by atoms with E-state index < -0.39 is 14.9 Å². The van der Waals surface area contributed by atoms with Crippen molar-refractivity contribution in [1.82, 2.24) is 9.62 Å². The summed E-state index contributed by atoms with van der Waals surface area (Å²) in [7, 11) is -3.34. The average molecular weight is 355 g/mol. The lowest BCUT2D eigenvalue weighted by Crippen LogP contribution is -2.49. The number of rotatable bonds is 5. The maximum Gasteiger partial charge on any atom is 0.273 e. The Hall–Kier alpha value is -2.00. The number of piperidine rings is 1. The minimum atomic E-state index is -3.34. The number of hydrogen-bond donors (Lipinski definition) is 1. The molecule has 1 N–H and O–H groups in total. The molecule has 1 amide bonds. The summed E-state index contributed by atoms with van der Waals surface area (Å²) >= 11 is 0. The van der Waals surface area contributed by atoms with Gasteiger partial charge in [-0.1, -0.05) is 6.07 Å². The number of amides is 1. The van der Waals surface area contributed by atoms with Crippen molar-refractivity contribution in [3.05, 3.63) is 39.4 Å². The van der Waals surface area contributed by atoms with Gasteiger partial charge in [0.1, 0.15) is 0 Å². The molecule has 1 fully saturated rings. The molecule has 24 heavy (non-hydrogen) atoms. The molecule has 2 rings (SSSR count). The van der Waals surface area contributed by atoms with Crippen LogP contribution in [0.5, 0.6) is 0 Å². The van der Waals surface area contributed by atoms with Crippen molar-refractivity contribution < 1.29 is 18.1 Å². The fraction of sp³-hybridized carbons (Fsp3) is 0.533. The minimum absolute atomic E-state index is 0.0938. The summed E-state index contributed by atoms with van der Waals surface area (Å²) in [5.41, 5.74) is 0.520. The summed E-state index contributed by atoms with van der Waals surface area (Å²) in [6.07, 6.45) is 3.51. The van der Waals surface area contributed by atoms with Crippen molar-refractivity contribution in [3.63, 3.8) is 0 Å². The van der Waals surface area contributed by atoms with E-state index >= 15 is 0 Å². The summed E-state index contributed by atoms with van der Waals surface area (Å²) in [5, 5.41) is 11.1. The summed E-state index contributed by atoms with van der Waals surface area (Å²) in [6, 6.07) is 4.18. The Morgan fingerprint density at radius 1 is 1.42 bits per heavy atom. The first kappa shape index (κ1) is 18.3. The number of nitro groups is 1. The molecule has 0 radical (unpaired) electrons. The monoisotopic (exact) mass is 355 g/mol. The van der Waals surface area contributed by atoms with Crippen LogP contribution in [0.2, 0.25) is 0 Å². The van der Waals surface area contributed by atoms with Crippen LogP contribution in [-0.4, -0.2) is 49.5 Å². The molecule has 8 nitrogen and oxygen atoms in total. The van der Waals surface area contributed by atoms with Gasteiger partial charge in [0, 0.05) is 36.3 Å².